The summed E-state index contributed by atoms with van der Waals surface area (Å²) in [5.41, 5.74) is 0.614. The number of pyridine rings is 1. The van der Waals surface area contributed by atoms with Gasteiger partial charge in [0.2, 0.25) is 0 Å². The molecule has 2 N–H and O–H groups in total. The first-order chi connectivity index (χ1) is 12.7. The zero-order valence-electron chi connectivity index (χ0n) is 15.2. The first-order valence-electron chi connectivity index (χ1n) is 9.32. The topological polar surface area (TPSA) is 90.1 Å². The molecule has 0 amide bonds. The maximum Gasteiger partial charge on any atom is 0.149 e. The fourth-order valence-corrected chi connectivity index (χ4v) is 3.61. The molecule has 0 radical (unpaired) electrons. The van der Waals surface area contributed by atoms with Gasteiger partial charge in [0, 0.05) is 65.4 Å². The Kier molecular flexibility index (Phi) is 6.63. The van der Waals surface area contributed by atoms with E-state index in [0.717, 1.165) is 70.5 Å². The Morgan fingerprint density at radius 1 is 0.846 bits per heavy atom. The lowest BCUT2D eigenvalue weighted by Gasteiger charge is -2.37. The van der Waals surface area contributed by atoms with E-state index < -0.39 is 0 Å². The Bertz CT molecular complexity index is 619. The van der Waals surface area contributed by atoms with Gasteiger partial charge in [-0.25, -0.2) is 4.98 Å². The van der Waals surface area contributed by atoms with Crippen LogP contribution in [-0.4, -0.2) is 104 Å². The minimum Gasteiger partial charge on any atom is -0.395 e. The van der Waals surface area contributed by atoms with Crippen molar-refractivity contribution in [3.05, 3.63) is 17.7 Å². The monoisotopic (exact) mass is 360 g/mol. The van der Waals surface area contributed by atoms with Crippen LogP contribution >= 0.6 is 0 Å². The van der Waals surface area contributed by atoms with Crippen molar-refractivity contribution in [3.8, 4) is 6.07 Å². The van der Waals surface area contributed by atoms with E-state index in [1.54, 1.807) is 0 Å². The van der Waals surface area contributed by atoms with Crippen LogP contribution in [0, 0.1) is 11.3 Å². The number of rotatable bonds is 6. The van der Waals surface area contributed by atoms with Crippen LogP contribution in [-0.2, 0) is 0 Å². The van der Waals surface area contributed by atoms with E-state index in [2.05, 4.69) is 25.7 Å². The van der Waals surface area contributed by atoms with Gasteiger partial charge in [-0.2, -0.15) is 5.26 Å². The van der Waals surface area contributed by atoms with Gasteiger partial charge in [-0.3, -0.25) is 9.80 Å². The number of anilines is 2. The quantitative estimate of drug-likeness (QED) is 0.680. The lowest BCUT2D eigenvalue weighted by molar-refractivity contribution is 0.188. The van der Waals surface area contributed by atoms with Crippen LogP contribution in [0.2, 0.25) is 0 Å². The summed E-state index contributed by atoms with van der Waals surface area (Å²) in [7, 11) is 0. The number of β-amino-alcohol motifs (C(OH)–C–C–N with tert-alkyl or cyclic N) is 2. The fraction of sp³-hybridized carbons (Fsp3) is 0.667. The number of piperazine rings is 2. The molecule has 0 aliphatic carbocycles. The Morgan fingerprint density at radius 3 is 1.88 bits per heavy atom. The molecule has 0 saturated carbocycles. The fourth-order valence-electron chi connectivity index (χ4n) is 3.61. The second-order valence-corrected chi connectivity index (χ2v) is 6.76. The number of hydrogen-bond acceptors (Lipinski definition) is 8. The van der Waals surface area contributed by atoms with E-state index in [-0.39, 0.29) is 13.2 Å². The summed E-state index contributed by atoms with van der Waals surface area (Å²) in [6, 6.07) is 6.08. The molecule has 2 aliphatic rings. The van der Waals surface area contributed by atoms with Crippen molar-refractivity contribution in [2.45, 2.75) is 0 Å². The molecular weight excluding hydrogens is 332 g/mol. The van der Waals surface area contributed by atoms with Crippen LogP contribution < -0.4 is 9.80 Å². The van der Waals surface area contributed by atoms with Crippen LogP contribution in [0.25, 0.3) is 0 Å². The van der Waals surface area contributed by atoms with Crippen LogP contribution in [0.3, 0.4) is 0 Å². The van der Waals surface area contributed by atoms with Crippen LogP contribution in [0.15, 0.2) is 12.1 Å². The maximum atomic E-state index is 9.48. The summed E-state index contributed by atoms with van der Waals surface area (Å²) < 4.78 is 0. The lowest BCUT2D eigenvalue weighted by atomic mass is 10.2. The summed E-state index contributed by atoms with van der Waals surface area (Å²) in [5, 5.41) is 27.6. The Morgan fingerprint density at radius 2 is 1.38 bits per heavy atom. The van der Waals surface area contributed by atoms with Crippen molar-refractivity contribution >= 4 is 11.6 Å². The molecule has 8 nitrogen and oxygen atoms in total. The number of aliphatic hydroxyl groups excluding tert-OH is 2. The van der Waals surface area contributed by atoms with E-state index in [0.29, 0.717) is 12.1 Å². The van der Waals surface area contributed by atoms with Crippen molar-refractivity contribution in [1.82, 2.24) is 14.8 Å². The normalized spacial score (nSPS) is 19.6. The van der Waals surface area contributed by atoms with Crippen LogP contribution in [0.1, 0.15) is 5.56 Å². The van der Waals surface area contributed by atoms with Crippen molar-refractivity contribution in [2.75, 3.05) is 88.5 Å². The minimum atomic E-state index is 0.180. The van der Waals surface area contributed by atoms with Crippen molar-refractivity contribution in [2.24, 2.45) is 0 Å². The zero-order chi connectivity index (χ0) is 18.4. The summed E-state index contributed by atoms with van der Waals surface area (Å²) in [4.78, 5) is 13.7. The van der Waals surface area contributed by atoms with E-state index in [1.807, 2.05) is 12.1 Å². The van der Waals surface area contributed by atoms with Crippen molar-refractivity contribution < 1.29 is 10.2 Å². The third-order valence-corrected chi connectivity index (χ3v) is 5.18. The van der Waals surface area contributed by atoms with E-state index in [9.17, 15) is 5.26 Å². The number of nitrogens with zero attached hydrogens (tertiary/aromatic N) is 6. The van der Waals surface area contributed by atoms with Crippen LogP contribution in [0.5, 0.6) is 0 Å². The van der Waals surface area contributed by atoms with Gasteiger partial charge in [-0.15, -0.1) is 0 Å². The first kappa shape index (κ1) is 18.9. The number of aromatic nitrogens is 1. The van der Waals surface area contributed by atoms with E-state index in [1.165, 1.54) is 0 Å². The lowest BCUT2D eigenvalue weighted by Crippen LogP contribution is -2.48. The van der Waals surface area contributed by atoms with Crippen LogP contribution in [0.4, 0.5) is 11.6 Å². The molecule has 26 heavy (non-hydrogen) atoms. The molecule has 0 bridgehead atoms. The summed E-state index contributed by atoms with van der Waals surface area (Å²) in [5.74, 6) is 1.69. The molecule has 0 unspecified atom stereocenters. The average molecular weight is 360 g/mol. The molecule has 3 heterocycles. The van der Waals surface area contributed by atoms with Gasteiger partial charge in [0.05, 0.1) is 18.8 Å². The predicted octanol–water partition coefficient (Wildman–Crippen LogP) is -0.818. The summed E-state index contributed by atoms with van der Waals surface area (Å²) in [6.45, 7) is 8.75. The molecule has 3 rings (SSSR count). The number of aliphatic hydroxyl groups is 2. The van der Waals surface area contributed by atoms with Gasteiger partial charge in [0.1, 0.15) is 17.7 Å². The standard InChI is InChI=1S/C18H28N6O2/c19-15-16-1-2-17(23-7-3-21(4-8-23)11-13-25)20-18(16)24-9-5-22(6-10-24)12-14-26/h1-2,25-26H,3-14H2. The summed E-state index contributed by atoms with van der Waals surface area (Å²) >= 11 is 0. The predicted molar refractivity (Wildman–Crippen MR) is 100 cm³/mol. The minimum absolute atomic E-state index is 0.180. The molecule has 1 aromatic rings. The second-order valence-electron chi connectivity index (χ2n) is 6.76. The van der Waals surface area contributed by atoms with E-state index >= 15 is 0 Å². The highest BCUT2D eigenvalue weighted by Crippen LogP contribution is 2.24. The molecule has 1 aromatic heterocycles. The first-order valence-corrected chi connectivity index (χ1v) is 9.32. The highest BCUT2D eigenvalue weighted by molar-refractivity contribution is 5.59. The smallest absolute Gasteiger partial charge is 0.149 e. The molecule has 8 heteroatoms. The van der Waals surface area contributed by atoms with Gasteiger partial charge in [-0.1, -0.05) is 0 Å². The van der Waals surface area contributed by atoms with Gasteiger partial charge in [0.15, 0.2) is 0 Å². The Labute approximate surface area is 154 Å². The van der Waals surface area contributed by atoms with Crippen molar-refractivity contribution in [3.63, 3.8) is 0 Å². The molecule has 142 valence electrons. The SMILES string of the molecule is N#Cc1ccc(N2CCN(CCO)CC2)nc1N1CCN(CCO)CC1. The third-order valence-electron chi connectivity index (χ3n) is 5.18. The van der Waals surface area contributed by atoms with Gasteiger partial charge >= 0.3 is 0 Å². The van der Waals surface area contributed by atoms with E-state index in [4.69, 9.17) is 15.2 Å². The molecule has 2 aliphatic heterocycles. The highest BCUT2D eigenvalue weighted by Gasteiger charge is 2.23. The Balaban J connectivity index is 1.69. The number of nitriles is 1. The molecule has 0 atom stereocenters. The third kappa shape index (κ3) is 4.43. The van der Waals surface area contributed by atoms with Gasteiger partial charge < -0.3 is 20.0 Å². The van der Waals surface area contributed by atoms with Gasteiger partial charge in [0.25, 0.3) is 0 Å². The molecular formula is C18H28N6O2. The molecule has 0 spiro atoms. The molecule has 2 fully saturated rings. The highest BCUT2D eigenvalue weighted by atomic mass is 16.3. The number of hydrogen-bond donors (Lipinski definition) is 2. The summed E-state index contributed by atoms with van der Waals surface area (Å²) in [6.07, 6.45) is 0. The van der Waals surface area contributed by atoms with Crippen molar-refractivity contribution in [1.29, 1.82) is 5.26 Å². The maximum absolute atomic E-state index is 9.48. The molecule has 0 aromatic carbocycles. The zero-order valence-corrected chi connectivity index (χ0v) is 15.2. The Hall–Kier alpha value is -1.92. The molecule has 2 saturated heterocycles. The largest absolute Gasteiger partial charge is 0.395 e. The van der Waals surface area contributed by atoms with Gasteiger partial charge in [-0.05, 0) is 12.1 Å². The average Bonchev–Trinajstić information content (AvgIpc) is 2.69. The second kappa shape index (κ2) is 9.14.